The Morgan fingerprint density at radius 2 is 0.750 bits per heavy atom. The molecule has 0 aliphatic carbocycles. The molecule has 3 nitrogen and oxygen atoms in total. The van der Waals surface area contributed by atoms with Gasteiger partial charge in [0.2, 0.25) is 0 Å². The standard InChI is InChI=1S/C62H71N2OPS2/c1-3-5-7-9-11-13-15-17-19-28-40-63-53-34-26-24-32-49(53)51-42-46(36-38-55(51)63)59-44-57-61(67-59)62-58(66(57,65)48-30-22-21-23-31-48)45-60(68-62)47-37-39-56-52(43-47)50-33-25-27-35-54(50)64(56)41-29-20-18-16-14-12-10-8-6-4-2/h21-27,30-39,42-45H,3-20,28-29,40-41H2,1-2H3. The monoisotopic (exact) mass is 954 g/mol. The van der Waals surface area contributed by atoms with Crippen molar-refractivity contribution in [2.45, 2.75) is 155 Å². The predicted octanol–water partition coefficient (Wildman–Crippen LogP) is 18.8. The van der Waals surface area contributed by atoms with E-state index >= 15 is 4.57 Å². The Morgan fingerprint density at radius 1 is 0.382 bits per heavy atom. The van der Waals surface area contributed by atoms with Gasteiger partial charge in [-0.15, -0.1) is 22.7 Å². The van der Waals surface area contributed by atoms with E-state index in [9.17, 15) is 0 Å². The molecule has 1 aliphatic rings. The number of fused-ring (bicyclic) bond motifs is 9. The average Bonchev–Trinajstić information content (AvgIpc) is 4.19. The number of nitrogens with zero attached hydrogens (tertiary/aromatic N) is 2. The fraction of sp³-hybridized carbons (Fsp3) is 0.387. The maximum Gasteiger partial charge on any atom is 0.174 e. The summed E-state index contributed by atoms with van der Waals surface area (Å²) >= 11 is 3.65. The minimum Gasteiger partial charge on any atom is -0.340 e. The summed E-state index contributed by atoms with van der Waals surface area (Å²) in [6.45, 7) is 6.69. The number of aromatic nitrogens is 2. The molecule has 4 aromatic heterocycles. The highest BCUT2D eigenvalue weighted by Gasteiger charge is 2.44. The van der Waals surface area contributed by atoms with Gasteiger partial charge in [-0.1, -0.05) is 208 Å². The Bertz CT molecular complexity index is 2970. The van der Waals surface area contributed by atoms with Crippen molar-refractivity contribution in [2.24, 2.45) is 0 Å². The van der Waals surface area contributed by atoms with Crippen molar-refractivity contribution in [1.82, 2.24) is 9.13 Å². The third-order valence-corrected chi connectivity index (χ3v) is 20.9. The Morgan fingerprint density at radius 3 is 1.18 bits per heavy atom. The maximum atomic E-state index is 16.0. The van der Waals surface area contributed by atoms with Crippen molar-refractivity contribution in [1.29, 1.82) is 0 Å². The molecule has 0 atom stereocenters. The van der Waals surface area contributed by atoms with Gasteiger partial charge in [0.05, 0.1) is 9.75 Å². The third-order valence-electron chi connectivity index (χ3n) is 15.0. The number of aryl methyl sites for hydroxylation is 2. The number of thiophene rings is 2. The van der Waals surface area contributed by atoms with Crippen LogP contribution in [0, 0.1) is 0 Å². The third kappa shape index (κ3) is 9.49. The van der Waals surface area contributed by atoms with Gasteiger partial charge in [0.1, 0.15) is 0 Å². The second kappa shape index (κ2) is 22.0. The molecule has 6 heteroatoms. The summed E-state index contributed by atoms with van der Waals surface area (Å²) in [7, 11) is -3.12. The largest absolute Gasteiger partial charge is 0.340 e. The number of rotatable bonds is 25. The lowest BCUT2D eigenvalue weighted by Crippen LogP contribution is -2.19. The molecule has 352 valence electrons. The molecule has 10 rings (SSSR count). The lowest BCUT2D eigenvalue weighted by Gasteiger charge is -2.14. The lowest BCUT2D eigenvalue weighted by atomic mass is 10.1. The Labute approximate surface area is 414 Å². The number of hydrogen-bond acceptors (Lipinski definition) is 3. The van der Waals surface area contributed by atoms with Crippen molar-refractivity contribution < 1.29 is 4.57 Å². The molecular weight excluding hydrogens is 884 g/mol. The van der Waals surface area contributed by atoms with Crippen LogP contribution in [0.2, 0.25) is 0 Å². The zero-order valence-electron chi connectivity index (χ0n) is 40.7. The van der Waals surface area contributed by atoms with Crippen LogP contribution in [-0.2, 0) is 17.7 Å². The Kier molecular flexibility index (Phi) is 15.2. The van der Waals surface area contributed by atoms with Crippen LogP contribution in [0.15, 0.2) is 127 Å². The van der Waals surface area contributed by atoms with Crippen LogP contribution in [-0.4, -0.2) is 9.13 Å². The van der Waals surface area contributed by atoms with Gasteiger partial charge in [-0.2, -0.15) is 0 Å². The van der Waals surface area contributed by atoms with E-state index in [0.29, 0.717) is 0 Å². The number of unbranched alkanes of at least 4 members (excludes halogenated alkanes) is 18. The van der Waals surface area contributed by atoms with Crippen LogP contribution in [0.5, 0.6) is 0 Å². The van der Waals surface area contributed by atoms with E-state index in [1.54, 1.807) is 0 Å². The van der Waals surface area contributed by atoms with E-state index < -0.39 is 7.14 Å². The van der Waals surface area contributed by atoms with Gasteiger partial charge in [0.25, 0.3) is 0 Å². The summed E-state index contributed by atoms with van der Waals surface area (Å²) in [6.07, 6.45) is 26.9. The minimum atomic E-state index is -3.12. The Hall–Kier alpha value is -4.67. The molecule has 0 radical (unpaired) electrons. The fourth-order valence-corrected chi connectivity index (χ4v) is 17.8. The number of benzene rings is 5. The summed E-state index contributed by atoms with van der Waals surface area (Å²) in [5.74, 6) is 0. The van der Waals surface area contributed by atoms with Crippen LogP contribution in [0.3, 0.4) is 0 Å². The molecule has 0 bridgehead atoms. The van der Waals surface area contributed by atoms with Crippen molar-refractivity contribution in [3.05, 3.63) is 127 Å². The summed E-state index contributed by atoms with van der Waals surface area (Å²) in [5, 5.41) is 8.19. The normalized spacial score (nSPS) is 13.1. The summed E-state index contributed by atoms with van der Waals surface area (Å²) in [4.78, 5) is 4.74. The first-order valence-electron chi connectivity index (χ1n) is 26.6. The number of hydrogen-bond donors (Lipinski definition) is 0. The molecule has 0 saturated heterocycles. The molecule has 68 heavy (non-hydrogen) atoms. The van der Waals surface area contributed by atoms with Gasteiger partial charge < -0.3 is 13.7 Å². The van der Waals surface area contributed by atoms with Gasteiger partial charge in [-0.25, -0.2) is 0 Å². The Balaban J connectivity index is 0.912. The SMILES string of the molecule is CCCCCCCCCCCCn1c2ccccc2c2cc(-c3cc4c(s3)-c3sc(-c5ccc6c(c5)c5ccccc5n6CCCCCCCCCCCC)cc3P4(=O)c3ccccc3)ccc21. The summed E-state index contributed by atoms with van der Waals surface area (Å²) in [6, 6.07) is 46.9. The zero-order valence-corrected chi connectivity index (χ0v) is 43.3. The molecule has 0 unspecified atom stereocenters. The predicted molar refractivity (Wildman–Crippen MR) is 301 cm³/mol. The molecule has 1 aliphatic heterocycles. The van der Waals surface area contributed by atoms with E-state index in [2.05, 4.69) is 132 Å². The molecule has 0 spiro atoms. The van der Waals surface area contributed by atoms with Crippen LogP contribution < -0.4 is 15.9 Å². The van der Waals surface area contributed by atoms with Gasteiger partial charge in [0.15, 0.2) is 7.14 Å². The van der Waals surface area contributed by atoms with Crippen LogP contribution in [0.1, 0.15) is 142 Å². The molecule has 9 aromatic rings. The molecule has 0 fully saturated rings. The maximum absolute atomic E-state index is 16.0. The van der Waals surface area contributed by atoms with Crippen molar-refractivity contribution in [3.63, 3.8) is 0 Å². The topological polar surface area (TPSA) is 26.9 Å². The van der Waals surface area contributed by atoms with Crippen molar-refractivity contribution in [2.75, 3.05) is 0 Å². The summed E-state index contributed by atoms with van der Waals surface area (Å²) < 4.78 is 21.1. The van der Waals surface area contributed by atoms with Gasteiger partial charge in [-0.3, -0.25) is 0 Å². The van der Waals surface area contributed by atoms with Crippen LogP contribution in [0.4, 0.5) is 0 Å². The lowest BCUT2D eigenvalue weighted by molar-refractivity contribution is 0.541. The second-order valence-electron chi connectivity index (χ2n) is 19.8. The molecule has 0 N–H and O–H groups in total. The van der Waals surface area contributed by atoms with E-state index in [1.807, 2.05) is 40.9 Å². The van der Waals surface area contributed by atoms with Crippen LogP contribution in [0.25, 0.3) is 74.2 Å². The first-order chi connectivity index (χ1) is 33.6. The first-order valence-corrected chi connectivity index (χ1v) is 29.9. The van der Waals surface area contributed by atoms with E-state index in [4.69, 9.17) is 0 Å². The second-order valence-corrected chi connectivity index (χ2v) is 24.6. The average molecular weight is 955 g/mol. The van der Waals surface area contributed by atoms with Gasteiger partial charge >= 0.3 is 0 Å². The minimum absolute atomic E-state index is 0.921. The van der Waals surface area contributed by atoms with Gasteiger partial charge in [-0.05, 0) is 72.5 Å². The molecular formula is C62H71N2OPS2. The fourth-order valence-electron chi connectivity index (χ4n) is 11.3. The number of para-hydroxylation sites is 2. The van der Waals surface area contributed by atoms with Crippen molar-refractivity contribution >= 4 is 89.3 Å². The highest BCUT2D eigenvalue weighted by atomic mass is 32.1. The van der Waals surface area contributed by atoms with Crippen LogP contribution >= 0.6 is 29.8 Å². The van der Waals surface area contributed by atoms with Crippen molar-refractivity contribution in [3.8, 4) is 30.6 Å². The zero-order chi connectivity index (χ0) is 46.3. The quantitative estimate of drug-likeness (QED) is 0.0414. The van der Waals surface area contributed by atoms with E-state index in [-0.39, 0.29) is 0 Å². The van der Waals surface area contributed by atoms with Gasteiger partial charge in [0, 0.05) is 82.4 Å². The highest BCUT2D eigenvalue weighted by Crippen LogP contribution is 2.59. The molecule has 5 heterocycles. The molecule has 5 aromatic carbocycles. The van der Waals surface area contributed by atoms with E-state index in [1.165, 1.54) is 203 Å². The highest BCUT2D eigenvalue weighted by molar-refractivity contribution is 7.87. The molecule has 0 saturated carbocycles. The first kappa shape index (κ1) is 47.0. The smallest absolute Gasteiger partial charge is 0.174 e. The molecule has 0 amide bonds. The summed E-state index contributed by atoms with van der Waals surface area (Å²) in [5.41, 5.74) is 7.69. The van der Waals surface area contributed by atoms with E-state index in [0.717, 1.165) is 29.0 Å².